The number of hydrogen-bond donors (Lipinski definition) is 0. The first-order valence-electron chi connectivity index (χ1n) is 4.89. The summed E-state index contributed by atoms with van der Waals surface area (Å²) in [5, 5.41) is 0.840. The number of rotatable bonds is 2. The topological polar surface area (TPSA) is 17.8 Å². The Kier molecular flexibility index (Phi) is 3.94. The molecule has 0 unspecified atom stereocenters. The molecule has 96 valence electrons. The van der Waals surface area contributed by atoms with Gasteiger partial charge in [-0.05, 0) is 41.1 Å². The van der Waals surface area contributed by atoms with Gasteiger partial charge in [-0.1, -0.05) is 23.2 Å². The average molecular weight is 356 g/mol. The lowest BCUT2D eigenvalue weighted by atomic mass is 10.2. The maximum atomic E-state index is 12.8. The van der Waals surface area contributed by atoms with Gasteiger partial charge < -0.3 is 0 Å². The zero-order chi connectivity index (χ0) is 13.4. The third kappa shape index (κ3) is 2.39. The Hall–Kier alpha value is -0.650. The van der Waals surface area contributed by atoms with Gasteiger partial charge in [-0.15, -0.1) is 0 Å². The summed E-state index contributed by atoms with van der Waals surface area (Å²) in [6.07, 6.45) is 0. The predicted molar refractivity (Wildman–Crippen MR) is 71.4 cm³/mol. The van der Waals surface area contributed by atoms with Crippen LogP contribution in [0.15, 0.2) is 22.8 Å². The molecule has 0 N–H and O–H groups in total. The van der Waals surface area contributed by atoms with Crippen molar-refractivity contribution >= 4 is 39.1 Å². The van der Waals surface area contributed by atoms with Crippen molar-refractivity contribution in [2.75, 3.05) is 0 Å². The molecule has 0 bridgehead atoms. The number of nitrogens with zero attached hydrogens (tertiary/aromatic N) is 2. The number of hydrogen-bond acceptors (Lipinski definition) is 1. The molecule has 0 fully saturated rings. The lowest BCUT2D eigenvalue weighted by molar-refractivity contribution is 0.0658. The molecule has 7 heteroatoms. The molecule has 0 spiro atoms. The van der Waals surface area contributed by atoms with Gasteiger partial charge in [0.1, 0.15) is 16.1 Å². The van der Waals surface area contributed by atoms with E-state index < -0.39 is 6.55 Å². The van der Waals surface area contributed by atoms with Crippen LogP contribution >= 0.6 is 39.1 Å². The summed E-state index contributed by atoms with van der Waals surface area (Å²) in [5.74, 6) is 0.206. The lowest BCUT2D eigenvalue weighted by Crippen LogP contribution is -2.00. The maximum Gasteiger partial charge on any atom is 0.320 e. The Morgan fingerprint density at radius 1 is 1.33 bits per heavy atom. The number of aryl methyl sites for hydroxylation is 1. The largest absolute Gasteiger partial charge is 0.320 e. The standard InChI is InChI=1S/C11H7BrCl2F2N2/c1-5-17-9(10(12)18(5)11(15)16)7-3-2-6(13)4-8(7)14/h2-4,11H,1H3. The van der Waals surface area contributed by atoms with Crippen LogP contribution in [0, 0.1) is 6.92 Å². The van der Waals surface area contributed by atoms with Crippen LogP contribution in [-0.2, 0) is 0 Å². The van der Waals surface area contributed by atoms with E-state index in [9.17, 15) is 8.78 Å². The molecule has 2 nitrogen and oxygen atoms in total. The summed E-state index contributed by atoms with van der Waals surface area (Å²) >= 11 is 14.9. The molecule has 0 aliphatic rings. The van der Waals surface area contributed by atoms with Crippen molar-refractivity contribution in [2.24, 2.45) is 0 Å². The number of aromatic nitrogens is 2. The van der Waals surface area contributed by atoms with Gasteiger partial charge in [-0.25, -0.2) is 4.98 Å². The van der Waals surface area contributed by atoms with Gasteiger partial charge in [-0.3, -0.25) is 4.57 Å². The second kappa shape index (κ2) is 5.15. The maximum absolute atomic E-state index is 12.8. The molecule has 0 saturated carbocycles. The molecule has 0 atom stereocenters. The van der Waals surface area contributed by atoms with Gasteiger partial charge in [0.05, 0.1) is 5.02 Å². The van der Waals surface area contributed by atoms with E-state index in [1.54, 1.807) is 18.2 Å². The van der Waals surface area contributed by atoms with Crippen molar-refractivity contribution in [2.45, 2.75) is 13.5 Å². The molecule has 0 amide bonds. The fourth-order valence-corrected chi connectivity index (χ4v) is 2.81. The van der Waals surface area contributed by atoms with Crippen LogP contribution < -0.4 is 0 Å². The molecule has 0 radical (unpaired) electrons. The minimum Gasteiger partial charge on any atom is -0.264 e. The summed E-state index contributed by atoms with van der Waals surface area (Å²) < 4.78 is 26.6. The smallest absolute Gasteiger partial charge is 0.264 e. The Bertz CT molecular complexity index is 599. The van der Waals surface area contributed by atoms with Crippen molar-refractivity contribution < 1.29 is 8.78 Å². The number of imidazole rings is 1. The van der Waals surface area contributed by atoms with Crippen LogP contribution in [0.25, 0.3) is 11.3 Å². The van der Waals surface area contributed by atoms with Crippen LogP contribution in [0.5, 0.6) is 0 Å². The van der Waals surface area contributed by atoms with Crippen LogP contribution in [0.2, 0.25) is 10.0 Å². The molecular formula is C11H7BrCl2F2N2. The second-order valence-corrected chi connectivity index (χ2v) is 5.17. The van der Waals surface area contributed by atoms with E-state index in [0.29, 0.717) is 21.3 Å². The van der Waals surface area contributed by atoms with E-state index >= 15 is 0 Å². The van der Waals surface area contributed by atoms with Crippen molar-refractivity contribution in [3.05, 3.63) is 38.7 Å². The Morgan fingerprint density at radius 3 is 2.50 bits per heavy atom. The van der Waals surface area contributed by atoms with E-state index in [-0.39, 0.29) is 10.4 Å². The minimum atomic E-state index is -2.66. The quantitative estimate of drug-likeness (QED) is 0.712. The van der Waals surface area contributed by atoms with Gasteiger partial charge in [0.15, 0.2) is 0 Å². The van der Waals surface area contributed by atoms with E-state index in [2.05, 4.69) is 20.9 Å². The van der Waals surface area contributed by atoms with E-state index in [1.165, 1.54) is 6.92 Å². The normalized spacial score (nSPS) is 11.3. The van der Waals surface area contributed by atoms with Crippen molar-refractivity contribution in [3.63, 3.8) is 0 Å². The SMILES string of the molecule is Cc1nc(-c2ccc(Cl)cc2Cl)c(Br)n1C(F)F. The van der Waals surface area contributed by atoms with Gasteiger partial charge in [0.25, 0.3) is 0 Å². The first-order valence-corrected chi connectivity index (χ1v) is 6.44. The lowest BCUT2D eigenvalue weighted by Gasteiger charge is -2.05. The molecular weight excluding hydrogens is 349 g/mol. The highest BCUT2D eigenvalue weighted by Gasteiger charge is 2.21. The fourth-order valence-electron chi connectivity index (χ4n) is 1.60. The first-order chi connectivity index (χ1) is 8.41. The summed E-state index contributed by atoms with van der Waals surface area (Å²) in [4.78, 5) is 4.10. The molecule has 2 aromatic rings. The van der Waals surface area contributed by atoms with E-state index in [0.717, 1.165) is 4.57 Å². The summed E-state index contributed by atoms with van der Waals surface area (Å²) in [6, 6.07) is 4.82. The van der Waals surface area contributed by atoms with Gasteiger partial charge in [0, 0.05) is 10.6 Å². The minimum absolute atomic E-state index is 0.194. The summed E-state index contributed by atoms with van der Waals surface area (Å²) in [5.41, 5.74) is 0.921. The van der Waals surface area contributed by atoms with Gasteiger partial charge in [0.2, 0.25) is 0 Å². The van der Waals surface area contributed by atoms with Crippen LogP contribution in [0.4, 0.5) is 8.78 Å². The number of benzene rings is 1. The van der Waals surface area contributed by atoms with Crippen LogP contribution in [0.3, 0.4) is 0 Å². The van der Waals surface area contributed by atoms with Crippen molar-refractivity contribution in [3.8, 4) is 11.3 Å². The van der Waals surface area contributed by atoms with Crippen molar-refractivity contribution in [1.29, 1.82) is 0 Å². The molecule has 1 aromatic heterocycles. The molecule has 0 aliphatic carbocycles. The summed E-state index contributed by atoms with van der Waals surface area (Å²) in [6.45, 7) is -1.16. The monoisotopic (exact) mass is 354 g/mol. The second-order valence-electron chi connectivity index (χ2n) is 3.57. The number of halogens is 5. The third-order valence-corrected chi connectivity index (χ3v) is 3.72. The summed E-state index contributed by atoms with van der Waals surface area (Å²) in [7, 11) is 0. The fraction of sp³-hybridized carbons (Fsp3) is 0.182. The Labute approximate surface area is 121 Å². The van der Waals surface area contributed by atoms with E-state index in [1.807, 2.05) is 0 Å². The van der Waals surface area contributed by atoms with Gasteiger partial charge in [-0.2, -0.15) is 8.78 Å². The zero-order valence-corrected chi connectivity index (χ0v) is 12.2. The van der Waals surface area contributed by atoms with Crippen molar-refractivity contribution in [1.82, 2.24) is 9.55 Å². The van der Waals surface area contributed by atoms with Crippen LogP contribution in [-0.4, -0.2) is 9.55 Å². The molecule has 2 rings (SSSR count). The molecule has 18 heavy (non-hydrogen) atoms. The molecule has 0 aliphatic heterocycles. The predicted octanol–water partition coefficient (Wildman–Crippen LogP) is 5.32. The Morgan fingerprint density at radius 2 is 2.00 bits per heavy atom. The number of alkyl halides is 2. The highest BCUT2D eigenvalue weighted by atomic mass is 79.9. The molecule has 0 saturated heterocycles. The van der Waals surface area contributed by atoms with E-state index in [4.69, 9.17) is 23.2 Å². The molecule has 1 heterocycles. The highest BCUT2D eigenvalue weighted by molar-refractivity contribution is 9.10. The highest BCUT2D eigenvalue weighted by Crippen LogP contribution is 2.36. The average Bonchev–Trinajstić information content (AvgIpc) is 2.54. The zero-order valence-electron chi connectivity index (χ0n) is 9.09. The third-order valence-electron chi connectivity index (χ3n) is 2.41. The van der Waals surface area contributed by atoms with Gasteiger partial charge >= 0.3 is 6.55 Å². The van der Waals surface area contributed by atoms with Crippen LogP contribution in [0.1, 0.15) is 12.4 Å². The Balaban J connectivity index is 2.62. The first kappa shape index (κ1) is 13.8. The molecule has 1 aromatic carbocycles.